The van der Waals surface area contributed by atoms with Gasteiger partial charge in [-0.25, -0.2) is 0 Å². The van der Waals surface area contributed by atoms with Crippen molar-refractivity contribution in [2.45, 2.75) is 51.5 Å². The summed E-state index contributed by atoms with van der Waals surface area (Å²) in [6, 6.07) is 1.00. The first-order valence-electron chi connectivity index (χ1n) is 8.12. The zero-order valence-electron chi connectivity index (χ0n) is 13.0. The number of nitrogens with zero attached hydrogens (tertiary/aromatic N) is 4. The predicted molar refractivity (Wildman–Crippen MR) is 82.9 cm³/mol. The Morgan fingerprint density at radius 1 is 1.19 bits per heavy atom. The van der Waals surface area contributed by atoms with Crippen LogP contribution in [0.15, 0.2) is 0 Å². The van der Waals surface area contributed by atoms with Gasteiger partial charge in [0, 0.05) is 19.1 Å². The highest BCUT2D eigenvalue weighted by Gasteiger charge is 2.37. The van der Waals surface area contributed by atoms with Crippen molar-refractivity contribution in [2.24, 2.45) is 5.92 Å². The maximum absolute atomic E-state index is 5.24. The lowest BCUT2D eigenvalue weighted by molar-refractivity contribution is 0.339. The molecule has 1 aliphatic carbocycles. The predicted octanol–water partition coefficient (Wildman–Crippen LogP) is 2.47. The van der Waals surface area contributed by atoms with Gasteiger partial charge < -0.3 is 15.0 Å². The van der Waals surface area contributed by atoms with E-state index < -0.39 is 0 Å². The van der Waals surface area contributed by atoms with Gasteiger partial charge in [0.1, 0.15) is 0 Å². The van der Waals surface area contributed by atoms with Crippen LogP contribution in [0.1, 0.15) is 45.4 Å². The molecular weight excluding hydrogens is 266 g/mol. The van der Waals surface area contributed by atoms with Crippen LogP contribution in [0.2, 0.25) is 0 Å². The van der Waals surface area contributed by atoms with Crippen LogP contribution in [0.5, 0.6) is 6.01 Å². The minimum atomic E-state index is 0.401. The Hall–Kier alpha value is -1.59. The molecule has 2 aliphatic rings. The van der Waals surface area contributed by atoms with Crippen LogP contribution in [0, 0.1) is 5.92 Å². The molecule has 1 saturated carbocycles. The third kappa shape index (κ3) is 3.04. The monoisotopic (exact) mass is 291 g/mol. The Balaban J connectivity index is 1.83. The smallest absolute Gasteiger partial charge is 0.322 e. The zero-order valence-corrected chi connectivity index (χ0v) is 13.0. The summed E-state index contributed by atoms with van der Waals surface area (Å²) in [6.45, 7) is 4.04. The largest absolute Gasteiger partial charge is 0.467 e. The summed E-state index contributed by atoms with van der Waals surface area (Å²) < 4.78 is 5.24. The van der Waals surface area contributed by atoms with E-state index in [2.05, 4.69) is 32.1 Å². The van der Waals surface area contributed by atoms with E-state index in [1.165, 1.54) is 32.1 Å². The average Bonchev–Trinajstić information content (AvgIpc) is 2.96. The van der Waals surface area contributed by atoms with Crippen molar-refractivity contribution >= 4 is 11.9 Å². The van der Waals surface area contributed by atoms with Crippen molar-refractivity contribution in [1.82, 2.24) is 15.0 Å². The summed E-state index contributed by atoms with van der Waals surface area (Å²) in [6.07, 6.45) is 7.61. The van der Waals surface area contributed by atoms with Crippen LogP contribution in [0.25, 0.3) is 0 Å². The minimum Gasteiger partial charge on any atom is -0.467 e. The molecule has 2 atom stereocenters. The molecule has 21 heavy (non-hydrogen) atoms. The maximum Gasteiger partial charge on any atom is 0.322 e. The summed E-state index contributed by atoms with van der Waals surface area (Å²) in [5, 5.41) is 3.24. The van der Waals surface area contributed by atoms with Gasteiger partial charge in [0.25, 0.3) is 0 Å². The van der Waals surface area contributed by atoms with Gasteiger partial charge in [0.15, 0.2) is 0 Å². The van der Waals surface area contributed by atoms with Gasteiger partial charge in [0.2, 0.25) is 11.9 Å². The number of methoxy groups -OCH3 is 1. The number of nitrogens with one attached hydrogen (secondary N) is 1. The molecule has 1 saturated heterocycles. The Bertz CT molecular complexity index is 481. The molecule has 2 fully saturated rings. The molecule has 116 valence electrons. The Morgan fingerprint density at radius 3 is 2.86 bits per heavy atom. The lowest BCUT2D eigenvalue weighted by atomic mass is 9.85. The van der Waals surface area contributed by atoms with Crippen LogP contribution in [-0.2, 0) is 0 Å². The molecule has 0 amide bonds. The van der Waals surface area contributed by atoms with Crippen molar-refractivity contribution in [3.05, 3.63) is 0 Å². The molecule has 1 aliphatic heterocycles. The van der Waals surface area contributed by atoms with Crippen LogP contribution in [0.3, 0.4) is 0 Å². The summed E-state index contributed by atoms with van der Waals surface area (Å²) in [5.41, 5.74) is 0. The SMILES string of the molecule is CCCNc1nc(OC)nc(N2CCC3CCCCC32)n1. The van der Waals surface area contributed by atoms with Gasteiger partial charge in [-0.05, 0) is 31.6 Å². The number of hydrogen-bond acceptors (Lipinski definition) is 6. The maximum atomic E-state index is 5.24. The van der Waals surface area contributed by atoms with Crippen molar-refractivity contribution in [3.8, 4) is 6.01 Å². The van der Waals surface area contributed by atoms with Gasteiger partial charge in [0.05, 0.1) is 7.11 Å². The molecule has 6 nitrogen and oxygen atoms in total. The van der Waals surface area contributed by atoms with E-state index in [1.807, 2.05) is 0 Å². The fraction of sp³-hybridized carbons (Fsp3) is 0.800. The molecule has 0 aromatic carbocycles. The molecule has 0 spiro atoms. The number of rotatable bonds is 5. The molecule has 2 heterocycles. The summed E-state index contributed by atoms with van der Waals surface area (Å²) in [7, 11) is 1.61. The van der Waals surface area contributed by atoms with Crippen LogP contribution in [0.4, 0.5) is 11.9 Å². The van der Waals surface area contributed by atoms with Crippen molar-refractivity contribution in [3.63, 3.8) is 0 Å². The van der Waals surface area contributed by atoms with Gasteiger partial charge in [-0.3, -0.25) is 0 Å². The molecule has 1 aromatic heterocycles. The normalized spacial score (nSPS) is 24.8. The van der Waals surface area contributed by atoms with E-state index in [9.17, 15) is 0 Å². The number of aromatic nitrogens is 3. The number of hydrogen-bond donors (Lipinski definition) is 1. The summed E-state index contributed by atoms with van der Waals surface area (Å²) >= 11 is 0. The zero-order chi connectivity index (χ0) is 14.7. The molecule has 6 heteroatoms. The van der Waals surface area contributed by atoms with Gasteiger partial charge in [-0.2, -0.15) is 15.0 Å². The molecule has 2 unspecified atom stereocenters. The highest BCUT2D eigenvalue weighted by molar-refractivity contribution is 5.41. The van der Waals surface area contributed by atoms with E-state index in [0.717, 1.165) is 31.4 Å². The third-order valence-corrected chi connectivity index (χ3v) is 4.59. The second kappa shape index (κ2) is 6.45. The molecular formula is C15H25N5O. The van der Waals surface area contributed by atoms with Crippen molar-refractivity contribution in [1.29, 1.82) is 0 Å². The van der Waals surface area contributed by atoms with Crippen molar-refractivity contribution in [2.75, 3.05) is 30.4 Å². The first-order valence-corrected chi connectivity index (χ1v) is 8.12. The minimum absolute atomic E-state index is 0.401. The van der Waals surface area contributed by atoms with E-state index in [1.54, 1.807) is 7.11 Å². The van der Waals surface area contributed by atoms with E-state index in [-0.39, 0.29) is 0 Å². The van der Waals surface area contributed by atoms with E-state index >= 15 is 0 Å². The summed E-state index contributed by atoms with van der Waals surface area (Å²) in [5.74, 6) is 2.21. The van der Waals surface area contributed by atoms with Crippen LogP contribution >= 0.6 is 0 Å². The Kier molecular flexibility index (Phi) is 4.41. The van der Waals surface area contributed by atoms with Crippen molar-refractivity contribution < 1.29 is 4.74 Å². The molecule has 0 bridgehead atoms. The topological polar surface area (TPSA) is 63.2 Å². The number of anilines is 2. The summed E-state index contributed by atoms with van der Waals surface area (Å²) in [4.78, 5) is 15.7. The lowest BCUT2D eigenvalue weighted by Crippen LogP contribution is -2.36. The number of fused-ring (bicyclic) bond motifs is 1. The fourth-order valence-corrected chi connectivity index (χ4v) is 3.54. The quantitative estimate of drug-likeness (QED) is 0.899. The molecule has 1 aromatic rings. The van der Waals surface area contributed by atoms with Crippen LogP contribution < -0.4 is 15.0 Å². The second-order valence-electron chi connectivity index (χ2n) is 5.97. The molecule has 1 N–H and O–H groups in total. The Morgan fingerprint density at radius 2 is 2.05 bits per heavy atom. The average molecular weight is 291 g/mol. The lowest BCUT2D eigenvalue weighted by Gasteiger charge is -2.31. The molecule has 3 rings (SSSR count). The van der Waals surface area contributed by atoms with E-state index in [4.69, 9.17) is 4.74 Å². The second-order valence-corrected chi connectivity index (χ2v) is 5.97. The third-order valence-electron chi connectivity index (χ3n) is 4.59. The standard InChI is InChI=1S/C15H25N5O/c1-3-9-16-13-17-14(19-15(18-13)21-2)20-10-8-11-6-4-5-7-12(11)20/h11-12H,3-10H2,1-2H3,(H,16,17,18,19). The number of ether oxygens (including phenoxy) is 1. The Labute approximate surface area is 126 Å². The van der Waals surface area contributed by atoms with Gasteiger partial charge >= 0.3 is 6.01 Å². The van der Waals surface area contributed by atoms with Crippen LogP contribution in [-0.4, -0.2) is 41.2 Å². The van der Waals surface area contributed by atoms with Gasteiger partial charge in [-0.1, -0.05) is 19.8 Å². The molecule has 0 radical (unpaired) electrons. The first kappa shape index (κ1) is 14.4. The first-order chi connectivity index (χ1) is 10.3. The highest BCUT2D eigenvalue weighted by atomic mass is 16.5. The van der Waals surface area contributed by atoms with E-state index in [0.29, 0.717) is 18.0 Å². The van der Waals surface area contributed by atoms with Gasteiger partial charge in [-0.15, -0.1) is 0 Å². The highest BCUT2D eigenvalue weighted by Crippen LogP contribution is 2.38. The fourth-order valence-electron chi connectivity index (χ4n) is 3.54.